The summed E-state index contributed by atoms with van der Waals surface area (Å²) in [4.78, 5) is 0. The summed E-state index contributed by atoms with van der Waals surface area (Å²) < 4.78 is 5.63. The van der Waals surface area contributed by atoms with Gasteiger partial charge in [0.25, 0.3) is 0 Å². The standard InChI is InChI=1S/C14H15OP/c1-14(15-16,12-8-4-2-5-9-12)13-10-6-3-7-11-13/h2-11H,16H2,1H3. The highest BCUT2D eigenvalue weighted by molar-refractivity contribution is 7.09. The van der Waals surface area contributed by atoms with Crippen LogP contribution in [-0.4, -0.2) is 0 Å². The first-order valence-corrected chi connectivity index (χ1v) is 5.73. The number of hydrogen-bond acceptors (Lipinski definition) is 1. The third-order valence-electron chi connectivity index (χ3n) is 2.89. The summed E-state index contributed by atoms with van der Waals surface area (Å²) in [5, 5.41) is 0. The summed E-state index contributed by atoms with van der Waals surface area (Å²) in [6.45, 7) is 2.07. The molecule has 0 aromatic heterocycles. The van der Waals surface area contributed by atoms with Crippen molar-refractivity contribution in [2.45, 2.75) is 12.5 Å². The van der Waals surface area contributed by atoms with Crippen molar-refractivity contribution in [2.75, 3.05) is 0 Å². The molecule has 1 nitrogen and oxygen atoms in total. The van der Waals surface area contributed by atoms with Crippen molar-refractivity contribution in [3.63, 3.8) is 0 Å². The Labute approximate surface area is 98.7 Å². The van der Waals surface area contributed by atoms with E-state index in [-0.39, 0.29) is 0 Å². The van der Waals surface area contributed by atoms with E-state index in [4.69, 9.17) is 4.52 Å². The van der Waals surface area contributed by atoms with Crippen molar-refractivity contribution in [2.24, 2.45) is 0 Å². The van der Waals surface area contributed by atoms with Gasteiger partial charge in [0.05, 0.1) is 0 Å². The molecular formula is C14H15OP. The predicted molar refractivity (Wildman–Crippen MR) is 70.1 cm³/mol. The zero-order valence-electron chi connectivity index (χ0n) is 9.26. The third-order valence-corrected chi connectivity index (χ3v) is 3.36. The van der Waals surface area contributed by atoms with Crippen molar-refractivity contribution in [1.29, 1.82) is 0 Å². The lowest BCUT2D eigenvalue weighted by molar-refractivity contribution is 0.165. The summed E-state index contributed by atoms with van der Waals surface area (Å²) in [5.41, 5.74) is 1.89. The molecule has 16 heavy (non-hydrogen) atoms. The molecule has 0 N–H and O–H groups in total. The molecule has 82 valence electrons. The second-order valence-electron chi connectivity index (χ2n) is 3.88. The van der Waals surface area contributed by atoms with E-state index >= 15 is 0 Å². The lowest BCUT2D eigenvalue weighted by Crippen LogP contribution is -2.23. The van der Waals surface area contributed by atoms with Gasteiger partial charge in [-0.25, -0.2) is 0 Å². The Balaban J connectivity index is 2.49. The van der Waals surface area contributed by atoms with Crippen molar-refractivity contribution < 1.29 is 4.52 Å². The van der Waals surface area contributed by atoms with E-state index in [0.29, 0.717) is 0 Å². The molecule has 0 fully saturated rings. The molecule has 0 bridgehead atoms. The van der Waals surface area contributed by atoms with E-state index in [9.17, 15) is 0 Å². The van der Waals surface area contributed by atoms with Gasteiger partial charge in [0.1, 0.15) is 5.60 Å². The largest absolute Gasteiger partial charge is 0.350 e. The predicted octanol–water partition coefficient (Wildman–Crippen LogP) is 3.76. The Morgan fingerprint density at radius 3 is 1.50 bits per heavy atom. The number of hydrogen-bond donors (Lipinski definition) is 0. The van der Waals surface area contributed by atoms with Crippen LogP contribution < -0.4 is 0 Å². The molecule has 0 spiro atoms. The molecule has 0 radical (unpaired) electrons. The van der Waals surface area contributed by atoms with Gasteiger partial charge in [0.2, 0.25) is 0 Å². The van der Waals surface area contributed by atoms with E-state index in [2.05, 4.69) is 40.7 Å². The highest BCUT2D eigenvalue weighted by Gasteiger charge is 2.27. The van der Waals surface area contributed by atoms with Crippen LogP contribution in [0.4, 0.5) is 0 Å². The number of benzene rings is 2. The smallest absolute Gasteiger partial charge is 0.119 e. The van der Waals surface area contributed by atoms with Crippen molar-refractivity contribution in [1.82, 2.24) is 0 Å². The quantitative estimate of drug-likeness (QED) is 0.729. The normalized spacial score (nSPS) is 11.4. The highest BCUT2D eigenvalue weighted by atomic mass is 31.0. The molecule has 0 aliphatic heterocycles. The average molecular weight is 230 g/mol. The molecular weight excluding hydrogens is 215 g/mol. The molecule has 2 rings (SSSR count). The minimum atomic E-state index is -0.410. The van der Waals surface area contributed by atoms with Gasteiger partial charge >= 0.3 is 0 Å². The first kappa shape index (κ1) is 11.3. The van der Waals surface area contributed by atoms with Gasteiger partial charge in [-0.15, -0.1) is 0 Å². The van der Waals surface area contributed by atoms with Crippen LogP contribution in [-0.2, 0) is 10.1 Å². The molecule has 2 aromatic carbocycles. The van der Waals surface area contributed by atoms with Gasteiger partial charge in [-0.3, -0.25) is 0 Å². The minimum Gasteiger partial charge on any atom is -0.350 e. The van der Waals surface area contributed by atoms with E-state index in [0.717, 1.165) is 11.1 Å². The maximum atomic E-state index is 5.63. The Hall–Kier alpha value is -1.17. The van der Waals surface area contributed by atoms with Crippen molar-refractivity contribution >= 4 is 9.47 Å². The maximum Gasteiger partial charge on any atom is 0.119 e. The SMILES string of the molecule is CC(OP)(c1ccccc1)c1ccccc1. The topological polar surface area (TPSA) is 9.23 Å². The Kier molecular flexibility index (Phi) is 3.38. The first-order valence-electron chi connectivity index (χ1n) is 5.26. The Morgan fingerprint density at radius 2 is 1.19 bits per heavy atom. The zero-order chi connectivity index (χ0) is 11.4. The molecule has 0 saturated carbocycles. The van der Waals surface area contributed by atoms with Gasteiger partial charge in [-0.05, 0) is 18.1 Å². The summed E-state index contributed by atoms with van der Waals surface area (Å²) in [6.07, 6.45) is 0. The second-order valence-corrected chi connectivity index (χ2v) is 4.12. The van der Waals surface area contributed by atoms with Gasteiger partial charge in [0.15, 0.2) is 0 Å². The molecule has 2 heteroatoms. The van der Waals surface area contributed by atoms with Crippen LogP contribution in [0.3, 0.4) is 0 Å². The van der Waals surface area contributed by atoms with Gasteiger partial charge < -0.3 is 4.52 Å². The molecule has 0 aliphatic carbocycles. The van der Waals surface area contributed by atoms with Crippen molar-refractivity contribution in [3.8, 4) is 0 Å². The number of rotatable bonds is 3. The average Bonchev–Trinajstić information content (AvgIpc) is 2.40. The zero-order valence-corrected chi connectivity index (χ0v) is 10.4. The Morgan fingerprint density at radius 1 is 0.812 bits per heavy atom. The Bertz CT molecular complexity index is 399. The van der Waals surface area contributed by atoms with E-state index in [1.807, 2.05) is 36.4 Å². The summed E-state index contributed by atoms with van der Waals surface area (Å²) in [7, 11) is 2.37. The lowest BCUT2D eigenvalue weighted by Gasteiger charge is -2.29. The summed E-state index contributed by atoms with van der Waals surface area (Å²) in [6, 6.07) is 20.5. The summed E-state index contributed by atoms with van der Waals surface area (Å²) >= 11 is 0. The van der Waals surface area contributed by atoms with Crippen LogP contribution in [0.1, 0.15) is 18.1 Å². The van der Waals surface area contributed by atoms with Crippen LogP contribution in [0.15, 0.2) is 60.7 Å². The van der Waals surface area contributed by atoms with E-state index < -0.39 is 5.60 Å². The first-order chi connectivity index (χ1) is 7.77. The second kappa shape index (κ2) is 4.78. The van der Waals surface area contributed by atoms with E-state index in [1.165, 1.54) is 0 Å². The highest BCUT2D eigenvalue weighted by Crippen LogP contribution is 2.34. The third kappa shape index (κ3) is 2.02. The fourth-order valence-corrected chi connectivity index (χ4v) is 2.09. The van der Waals surface area contributed by atoms with Crippen LogP contribution in [0.2, 0.25) is 0 Å². The van der Waals surface area contributed by atoms with E-state index in [1.54, 1.807) is 0 Å². The van der Waals surface area contributed by atoms with Crippen LogP contribution in [0.5, 0.6) is 0 Å². The fourth-order valence-electron chi connectivity index (χ4n) is 1.82. The molecule has 1 atom stereocenters. The molecule has 2 aromatic rings. The monoisotopic (exact) mass is 230 g/mol. The maximum absolute atomic E-state index is 5.63. The van der Waals surface area contributed by atoms with Crippen LogP contribution in [0, 0.1) is 0 Å². The minimum absolute atomic E-state index is 0.410. The molecule has 0 amide bonds. The van der Waals surface area contributed by atoms with Crippen molar-refractivity contribution in [3.05, 3.63) is 71.8 Å². The molecule has 0 aliphatic rings. The van der Waals surface area contributed by atoms with Crippen LogP contribution in [0.25, 0.3) is 0 Å². The van der Waals surface area contributed by atoms with Crippen LogP contribution >= 0.6 is 9.47 Å². The van der Waals surface area contributed by atoms with Gasteiger partial charge in [-0.2, -0.15) is 0 Å². The molecule has 0 saturated heterocycles. The van der Waals surface area contributed by atoms with Gasteiger partial charge in [-0.1, -0.05) is 60.7 Å². The van der Waals surface area contributed by atoms with Gasteiger partial charge in [0, 0.05) is 9.47 Å². The fraction of sp³-hybridized carbons (Fsp3) is 0.143. The summed E-state index contributed by atoms with van der Waals surface area (Å²) in [5.74, 6) is 0. The molecule has 1 unspecified atom stereocenters. The molecule has 0 heterocycles. The lowest BCUT2D eigenvalue weighted by atomic mass is 9.88.